The molecule has 0 bridgehead atoms. The van der Waals surface area contributed by atoms with Gasteiger partial charge in [-0.05, 0) is 55.3 Å². The molecule has 3 rings (SSSR count). The Bertz CT molecular complexity index is 522. The summed E-state index contributed by atoms with van der Waals surface area (Å²) in [5.41, 5.74) is 3.76. The van der Waals surface area contributed by atoms with Crippen molar-refractivity contribution in [1.82, 2.24) is 5.32 Å². The first-order chi connectivity index (χ1) is 9.61. The minimum Gasteiger partial charge on any atom is -0.315 e. The van der Waals surface area contributed by atoms with Crippen molar-refractivity contribution in [3.05, 3.63) is 29.3 Å². The van der Waals surface area contributed by atoms with Gasteiger partial charge in [-0.1, -0.05) is 19.1 Å². The van der Waals surface area contributed by atoms with E-state index in [0.29, 0.717) is 18.4 Å². The van der Waals surface area contributed by atoms with Crippen LogP contribution in [0.25, 0.3) is 0 Å². The van der Waals surface area contributed by atoms with Crippen molar-refractivity contribution in [1.29, 1.82) is 0 Å². The molecule has 1 heterocycles. The van der Waals surface area contributed by atoms with Crippen LogP contribution in [0.15, 0.2) is 18.2 Å². The molecule has 0 spiro atoms. The average Bonchev–Trinajstić information content (AvgIpc) is 3.28. The molecule has 1 aliphatic carbocycles. The highest BCUT2D eigenvalue weighted by Crippen LogP contribution is 2.43. The van der Waals surface area contributed by atoms with Crippen molar-refractivity contribution in [2.45, 2.75) is 38.6 Å². The van der Waals surface area contributed by atoms with Crippen LogP contribution in [0.1, 0.15) is 43.4 Å². The van der Waals surface area contributed by atoms with E-state index in [2.05, 4.69) is 37.5 Å². The fourth-order valence-corrected chi connectivity index (χ4v) is 3.50. The zero-order valence-corrected chi connectivity index (χ0v) is 12.6. The van der Waals surface area contributed by atoms with Gasteiger partial charge in [-0.2, -0.15) is 0 Å². The summed E-state index contributed by atoms with van der Waals surface area (Å²) in [7, 11) is 3.93. The van der Waals surface area contributed by atoms with E-state index < -0.39 is 0 Å². The zero-order valence-electron chi connectivity index (χ0n) is 12.6. The van der Waals surface area contributed by atoms with Crippen LogP contribution in [0, 0.1) is 11.8 Å². The fraction of sp³-hybridized carbons (Fsp3) is 0.588. The van der Waals surface area contributed by atoms with Gasteiger partial charge in [0, 0.05) is 25.2 Å². The summed E-state index contributed by atoms with van der Waals surface area (Å²) in [5.74, 6) is 1.79. The topological polar surface area (TPSA) is 32.3 Å². The lowest BCUT2D eigenvalue weighted by atomic mass is 9.88. The number of aryl methyl sites for hydroxylation is 1. The summed E-state index contributed by atoms with van der Waals surface area (Å²) in [6.45, 7) is 2.36. The van der Waals surface area contributed by atoms with Gasteiger partial charge in [-0.3, -0.25) is 4.79 Å². The largest absolute Gasteiger partial charge is 0.315 e. The van der Waals surface area contributed by atoms with Crippen molar-refractivity contribution < 1.29 is 4.79 Å². The van der Waals surface area contributed by atoms with Gasteiger partial charge in [0.15, 0.2) is 0 Å². The molecule has 1 aliphatic heterocycles. The van der Waals surface area contributed by atoms with Crippen molar-refractivity contribution in [3.8, 4) is 0 Å². The summed E-state index contributed by atoms with van der Waals surface area (Å²) < 4.78 is 0. The molecule has 1 aromatic carbocycles. The van der Waals surface area contributed by atoms with Gasteiger partial charge in [0.1, 0.15) is 0 Å². The van der Waals surface area contributed by atoms with Crippen molar-refractivity contribution in [3.63, 3.8) is 0 Å². The van der Waals surface area contributed by atoms with Crippen molar-refractivity contribution in [2.24, 2.45) is 11.8 Å². The summed E-state index contributed by atoms with van der Waals surface area (Å²) >= 11 is 0. The second-order valence-corrected chi connectivity index (χ2v) is 6.30. The number of carbonyl (C=O) groups is 1. The van der Waals surface area contributed by atoms with Crippen molar-refractivity contribution in [2.75, 3.05) is 19.0 Å². The number of carbonyl (C=O) groups excluding carboxylic acids is 1. The molecule has 2 unspecified atom stereocenters. The van der Waals surface area contributed by atoms with Gasteiger partial charge < -0.3 is 10.2 Å². The molecule has 0 radical (unpaired) electrons. The van der Waals surface area contributed by atoms with Crippen LogP contribution >= 0.6 is 0 Å². The number of amides is 1. The quantitative estimate of drug-likeness (QED) is 0.914. The highest BCUT2D eigenvalue weighted by molar-refractivity contribution is 5.95. The van der Waals surface area contributed by atoms with Crippen LogP contribution in [0.4, 0.5) is 5.69 Å². The van der Waals surface area contributed by atoms with E-state index in [1.165, 1.54) is 24.0 Å². The molecule has 0 aromatic heterocycles. The first kappa shape index (κ1) is 13.6. The van der Waals surface area contributed by atoms with E-state index in [1.54, 1.807) is 4.90 Å². The van der Waals surface area contributed by atoms with Crippen molar-refractivity contribution >= 4 is 11.6 Å². The monoisotopic (exact) mass is 272 g/mol. The maximum atomic E-state index is 11.8. The second-order valence-electron chi connectivity index (χ2n) is 6.30. The number of nitrogens with zero attached hydrogens (tertiary/aromatic N) is 1. The third-order valence-corrected chi connectivity index (χ3v) is 5.01. The van der Waals surface area contributed by atoms with Crippen LogP contribution in [0.5, 0.6) is 0 Å². The first-order valence-electron chi connectivity index (χ1n) is 7.68. The third-order valence-electron chi connectivity index (χ3n) is 5.01. The normalized spacial score (nSPS) is 21.6. The predicted molar refractivity (Wildman–Crippen MR) is 81.9 cm³/mol. The summed E-state index contributed by atoms with van der Waals surface area (Å²) in [4.78, 5) is 13.5. The van der Waals surface area contributed by atoms with Crippen LogP contribution < -0.4 is 10.2 Å². The molecular weight excluding hydrogens is 248 g/mol. The van der Waals surface area contributed by atoms with Gasteiger partial charge in [-0.15, -0.1) is 0 Å². The first-order valence-corrected chi connectivity index (χ1v) is 7.68. The van der Waals surface area contributed by atoms with Gasteiger partial charge in [0.2, 0.25) is 5.91 Å². The maximum absolute atomic E-state index is 11.8. The lowest BCUT2D eigenvalue weighted by Crippen LogP contribution is -2.31. The second kappa shape index (κ2) is 5.21. The summed E-state index contributed by atoms with van der Waals surface area (Å²) in [5, 5.41) is 3.49. The lowest BCUT2D eigenvalue weighted by Gasteiger charge is -2.29. The van der Waals surface area contributed by atoms with E-state index in [9.17, 15) is 4.79 Å². The van der Waals surface area contributed by atoms with Crippen LogP contribution in [0.2, 0.25) is 0 Å². The predicted octanol–water partition coefficient (Wildman–Crippen LogP) is 2.90. The van der Waals surface area contributed by atoms with E-state index in [1.807, 2.05) is 7.05 Å². The number of fused-ring (bicyclic) bond motifs is 1. The molecule has 1 aromatic rings. The summed E-state index contributed by atoms with van der Waals surface area (Å²) in [6.07, 6.45) is 4.26. The molecule has 1 saturated carbocycles. The molecule has 1 N–H and O–H groups in total. The minimum atomic E-state index is 0.224. The number of anilines is 1. The maximum Gasteiger partial charge on any atom is 0.227 e. The van der Waals surface area contributed by atoms with E-state index in [4.69, 9.17) is 0 Å². The standard InChI is InChI=1S/C17H24N2O/c1-11(12-4-5-12)17(18-2)14-6-8-15-13(10-14)7-9-16(20)19(15)3/h6,8,10-12,17-18H,4-5,7,9H2,1-3H3. The van der Waals surface area contributed by atoms with E-state index in [-0.39, 0.29) is 5.91 Å². The zero-order chi connectivity index (χ0) is 14.3. The molecule has 2 aliphatic rings. The molecule has 2 atom stereocenters. The number of benzene rings is 1. The molecule has 20 heavy (non-hydrogen) atoms. The fourth-order valence-electron chi connectivity index (χ4n) is 3.50. The molecule has 1 amide bonds. The third kappa shape index (κ3) is 2.35. The number of hydrogen-bond donors (Lipinski definition) is 1. The Labute approximate surface area is 121 Å². The highest BCUT2D eigenvalue weighted by Gasteiger charge is 2.33. The molecule has 0 saturated heterocycles. The van der Waals surface area contributed by atoms with Gasteiger partial charge in [-0.25, -0.2) is 0 Å². The lowest BCUT2D eigenvalue weighted by molar-refractivity contribution is -0.118. The average molecular weight is 272 g/mol. The molecule has 3 nitrogen and oxygen atoms in total. The van der Waals surface area contributed by atoms with Crippen LogP contribution in [-0.4, -0.2) is 20.0 Å². The Morgan fingerprint density at radius 1 is 1.30 bits per heavy atom. The molecular formula is C17H24N2O. The molecule has 108 valence electrons. The van der Waals surface area contributed by atoms with Gasteiger partial charge in [0.25, 0.3) is 0 Å². The Kier molecular flexibility index (Phi) is 3.55. The Balaban J connectivity index is 1.89. The number of rotatable bonds is 4. The summed E-state index contributed by atoms with van der Waals surface area (Å²) in [6, 6.07) is 7.04. The molecule has 1 fully saturated rings. The van der Waals surface area contributed by atoms with Crippen LogP contribution in [-0.2, 0) is 11.2 Å². The Morgan fingerprint density at radius 2 is 2.05 bits per heavy atom. The number of hydrogen-bond acceptors (Lipinski definition) is 2. The van der Waals surface area contributed by atoms with E-state index in [0.717, 1.165) is 18.0 Å². The minimum absolute atomic E-state index is 0.224. The highest BCUT2D eigenvalue weighted by atomic mass is 16.2. The Hall–Kier alpha value is -1.35. The van der Waals surface area contributed by atoms with Gasteiger partial charge in [0.05, 0.1) is 0 Å². The van der Waals surface area contributed by atoms with Gasteiger partial charge >= 0.3 is 0 Å². The van der Waals surface area contributed by atoms with E-state index >= 15 is 0 Å². The molecule has 3 heteroatoms. The smallest absolute Gasteiger partial charge is 0.227 e. The van der Waals surface area contributed by atoms with Crippen LogP contribution in [0.3, 0.4) is 0 Å². The number of nitrogens with one attached hydrogen (secondary N) is 1. The SMILES string of the molecule is CNC(c1ccc2c(c1)CCC(=O)N2C)C(C)C1CC1. The Morgan fingerprint density at radius 3 is 2.70 bits per heavy atom.